The van der Waals surface area contributed by atoms with Gasteiger partial charge in [0.2, 0.25) is 5.91 Å². The number of ether oxygens (including phenoxy) is 1. The molecule has 0 spiro atoms. The first-order valence-corrected chi connectivity index (χ1v) is 11.9. The Balaban J connectivity index is 2.09. The van der Waals surface area contributed by atoms with Crippen molar-refractivity contribution in [3.8, 4) is 0 Å². The van der Waals surface area contributed by atoms with Crippen molar-refractivity contribution in [1.82, 2.24) is 5.32 Å². The summed E-state index contributed by atoms with van der Waals surface area (Å²) in [6.45, 7) is 13.0. The van der Waals surface area contributed by atoms with Crippen LogP contribution >= 0.6 is 0 Å². The molecule has 1 aliphatic heterocycles. The number of nitrogens with one attached hydrogen (secondary N) is 1. The average Bonchev–Trinajstić information content (AvgIpc) is 2.43. The van der Waals surface area contributed by atoms with Gasteiger partial charge in [-0.2, -0.15) is 0 Å². The highest BCUT2D eigenvalue weighted by atomic mass is 28.4. The van der Waals surface area contributed by atoms with Crippen LogP contribution < -0.4 is 5.32 Å². The minimum atomic E-state index is -1.95. The van der Waals surface area contributed by atoms with E-state index < -0.39 is 8.32 Å². The molecule has 0 bridgehead atoms. The van der Waals surface area contributed by atoms with Crippen LogP contribution in [0.25, 0.3) is 0 Å². The van der Waals surface area contributed by atoms with Gasteiger partial charge in [0.25, 0.3) is 0 Å². The summed E-state index contributed by atoms with van der Waals surface area (Å²) in [7, 11) is -0.361. The van der Waals surface area contributed by atoms with E-state index in [1.165, 1.54) is 0 Å². The van der Waals surface area contributed by atoms with Crippen LogP contribution in [0.4, 0.5) is 0 Å². The number of hydrogen-bond donors (Lipinski definition) is 1. The van der Waals surface area contributed by atoms with Gasteiger partial charge in [-0.15, -0.1) is 0 Å². The fourth-order valence-corrected chi connectivity index (χ4v) is 5.05. The monoisotopic (exact) mass is 355 g/mol. The molecule has 5 nitrogen and oxygen atoms in total. The summed E-state index contributed by atoms with van der Waals surface area (Å²) in [4.78, 5) is 24.8. The molecule has 1 aliphatic carbocycles. The molecule has 0 radical (unpaired) electrons. The predicted octanol–water partition coefficient (Wildman–Crippen LogP) is 2.90. The zero-order valence-corrected chi connectivity index (χ0v) is 17.1. The van der Waals surface area contributed by atoms with E-state index in [1.54, 1.807) is 7.11 Å². The number of rotatable bonds is 5. The van der Waals surface area contributed by atoms with Gasteiger partial charge in [0.15, 0.2) is 14.1 Å². The van der Waals surface area contributed by atoms with Gasteiger partial charge in [0.05, 0.1) is 18.1 Å². The van der Waals surface area contributed by atoms with Crippen molar-refractivity contribution in [2.24, 2.45) is 11.8 Å². The number of methoxy groups -OCH3 is 1. The third-order valence-electron chi connectivity index (χ3n) is 6.17. The standard InChI is InChI=1S/C18H33NO4Si/c1-11(23-24(6,7)18(2,3)4)14-15(19-17(14)21)12-9-8-10-13(22-5)16(12)20/h11-15H,8-10H2,1-7H3,(H,19,21)/t11-,12+,13+,14-,15-/m1/s1. The van der Waals surface area contributed by atoms with E-state index in [4.69, 9.17) is 9.16 Å². The summed E-state index contributed by atoms with van der Waals surface area (Å²) >= 11 is 0. The highest BCUT2D eigenvalue weighted by Crippen LogP contribution is 2.40. The van der Waals surface area contributed by atoms with Crippen LogP contribution in [0.5, 0.6) is 0 Å². The topological polar surface area (TPSA) is 64.6 Å². The van der Waals surface area contributed by atoms with E-state index >= 15 is 0 Å². The van der Waals surface area contributed by atoms with Crippen LogP contribution in [-0.2, 0) is 18.8 Å². The maximum atomic E-state index is 12.6. The summed E-state index contributed by atoms with van der Waals surface area (Å²) in [5.74, 6) is -0.225. The van der Waals surface area contributed by atoms with Crippen LogP contribution in [0.15, 0.2) is 0 Å². The Morgan fingerprint density at radius 1 is 1.21 bits per heavy atom. The second-order valence-corrected chi connectivity index (χ2v) is 13.6. The lowest BCUT2D eigenvalue weighted by Crippen LogP contribution is -2.68. The van der Waals surface area contributed by atoms with Gasteiger partial charge in [-0.05, 0) is 44.3 Å². The highest BCUT2D eigenvalue weighted by molar-refractivity contribution is 6.74. The molecule has 0 aromatic carbocycles. The molecule has 2 fully saturated rings. The summed E-state index contributed by atoms with van der Waals surface area (Å²) in [5, 5.41) is 3.06. The Bertz CT molecular complexity index is 500. The van der Waals surface area contributed by atoms with Crippen molar-refractivity contribution in [2.45, 2.75) is 83.3 Å². The van der Waals surface area contributed by atoms with E-state index in [0.29, 0.717) is 0 Å². The first kappa shape index (κ1) is 19.6. The van der Waals surface area contributed by atoms with Crippen LogP contribution in [0.3, 0.4) is 0 Å². The Hall–Kier alpha value is -0.723. The quantitative estimate of drug-likeness (QED) is 0.608. The third kappa shape index (κ3) is 3.60. The normalized spacial score (nSPS) is 33.0. The van der Waals surface area contributed by atoms with Gasteiger partial charge in [-0.1, -0.05) is 20.8 Å². The molecule has 5 atom stereocenters. The Morgan fingerprint density at radius 2 is 1.83 bits per heavy atom. The largest absolute Gasteiger partial charge is 0.413 e. The van der Waals surface area contributed by atoms with E-state index in [1.807, 2.05) is 6.92 Å². The van der Waals surface area contributed by atoms with Gasteiger partial charge in [0.1, 0.15) is 6.10 Å². The number of β-lactam (4-membered cyclic amide) rings is 1. The molecule has 2 aliphatic rings. The number of hydrogen-bond acceptors (Lipinski definition) is 4. The van der Waals surface area contributed by atoms with Crippen molar-refractivity contribution >= 4 is 20.0 Å². The fourth-order valence-electron chi connectivity index (χ4n) is 3.62. The molecule has 1 amide bonds. The van der Waals surface area contributed by atoms with Crippen molar-refractivity contribution in [1.29, 1.82) is 0 Å². The Labute approximate surface area is 147 Å². The molecule has 0 aromatic heterocycles. The number of carbonyl (C=O) groups is 2. The molecule has 2 rings (SSSR count). The molecular formula is C18H33NO4Si. The second-order valence-electron chi connectivity index (χ2n) is 8.81. The molecule has 1 heterocycles. The van der Waals surface area contributed by atoms with Crippen LogP contribution in [0, 0.1) is 11.8 Å². The first-order valence-electron chi connectivity index (χ1n) is 9.04. The van der Waals surface area contributed by atoms with E-state index in [-0.39, 0.29) is 46.8 Å². The molecule has 24 heavy (non-hydrogen) atoms. The maximum Gasteiger partial charge on any atom is 0.228 e. The number of carbonyl (C=O) groups excluding carboxylic acids is 2. The average molecular weight is 356 g/mol. The molecule has 6 heteroatoms. The summed E-state index contributed by atoms with van der Waals surface area (Å²) in [5.41, 5.74) is 0. The molecular weight excluding hydrogens is 322 g/mol. The molecule has 1 saturated carbocycles. The summed E-state index contributed by atoms with van der Waals surface area (Å²) < 4.78 is 11.7. The van der Waals surface area contributed by atoms with Gasteiger partial charge in [-0.3, -0.25) is 9.59 Å². The molecule has 0 aromatic rings. The molecule has 1 saturated heterocycles. The van der Waals surface area contributed by atoms with Gasteiger partial charge in [0, 0.05) is 13.0 Å². The number of amides is 1. The van der Waals surface area contributed by atoms with Gasteiger partial charge < -0.3 is 14.5 Å². The number of Topliss-reactive ketones (excluding diaryl/α,β-unsaturated/α-hetero) is 1. The smallest absolute Gasteiger partial charge is 0.228 e. The lowest BCUT2D eigenvalue weighted by molar-refractivity contribution is -0.149. The summed E-state index contributed by atoms with van der Waals surface area (Å²) in [6, 6.07) is -0.109. The van der Waals surface area contributed by atoms with Crippen LogP contribution in [-0.4, -0.2) is 45.4 Å². The maximum absolute atomic E-state index is 12.6. The van der Waals surface area contributed by atoms with Crippen molar-refractivity contribution in [2.75, 3.05) is 7.11 Å². The minimum Gasteiger partial charge on any atom is -0.413 e. The molecule has 138 valence electrons. The van der Waals surface area contributed by atoms with Crippen molar-refractivity contribution in [3.05, 3.63) is 0 Å². The van der Waals surface area contributed by atoms with Crippen molar-refractivity contribution in [3.63, 3.8) is 0 Å². The zero-order chi connectivity index (χ0) is 18.3. The number of ketones is 1. The summed E-state index contributed by atoms with van der Waals surface area (Å²) in [6.07, 6.45) is 2.09. The lowest BCUT2D eigenvalue weighted by atomic mass is 9.71. The third-order valence-corrected chi connectivity index (χ3v) is 10.7. The van der Waals surface area contributed by atoms with Gasteiger partial charge in [-0.25, -0.2) is 0 Å². The molecule has 0 unspecified atom stereocenters. The highest BCUT2D eigenvalue weighted by Gasteiger charge is 2.52. The van der Waals surface area contributed by atoms with Crippen LogP contribution in [0.2, 0.25) is 18.1 Å². The first-order chi connectivity index (χ1) is 11.0. The minimum absolute atomic E-state index is 0.0125. The fraction of sp³-hybridized carbons (Fsp3) is 0.889. The van der Waals surface area contributed by atoms with E-state index in [9.17, 15) is 9.59 Å². The Kier molecular flexibility index (Phi) is 5.62. The predicted molar refractivity (Wildman–Crippen MR) is 96.3 cm³/mol. The zero-order valence-electron chi connectivity index (χ0n) is 16.1. The second kappa shape index (κ2) is 6.88. The van der Waals surface area contributed by atoms with E-state index in [0.717, 1.165) is 19.3 Å². The SMILES string of the molecule is CO[C@H]1CCC[C@@H]([C@H]2NC(=O)[C@@H]2[C@@H](C)O[Si](C)(C)C(C)(C)C)C1=O. The Morgan fingerprint density at radius 3 is 2.33 bits per heavy atom. The lowest BCUT2D eigenvalue weighted by Gasteiger charge is -2.48. The van der Waals surface area contributed by atoms with Crippen LogP contribution in [0.1, 0.15) is 47.0 Å². The van der Waals surface area contributed by atoms with E-state index in [2.05, 4.69) is 39.2 Å². The molecule has 1 N–H and O–H groups in total. The van der Waals surface area contributed by atoms with Gasteiger partial charge >= 0.3 is 0 Å². The van der Waals surface area contributed by atoms with Crippen molar-refractivity contribution < 1.29 is 18.8 Å².